The second kappa shape index (κ2) is 12.1. The predicted molar refractivity (Wildman–Crippen MR) is 173 cm³/mol. The SMILES string of the molecule is C=CC1=C(C)[C@@H](/C=c2/[nH]/c(=C\[C@@]34NN3/C(=C/C3NC(=O)[C@H](C)[C@H]3[C@H](C)S)C(C)=C4CCC(=O)O)c(CCC(=O)O)c2C)NC1=O. The van der Waals surface area contributed by atoms with Gasteiger partial charge in [0.2, 0.25) is 5.91 Å². The molecule has 240 valence electrons. The summed E-state index contributed by atoms with van der Waals surface area (Å²) in [7, 11) is 0. The number of carbonyl (C=O) groups is 4. The van der Waals surface area contributed by atoms with Gasteiger partial charge < -0.3 is 25.8 Å². The number of aromatic nitrogens is 1. The molecule has 6 atom stereocenters. The van der Waals surface area contributed by atoms with Gasteiger partial charge in [-0.05, 0) is 79.7 Å². The fraction of sp³-hybridized carbons (Fsp3) is 0.455. The van der Waals surface area contributed by atoms with Crippen molar-refractivity contribution in [2.24, 2.45) is 11.8 Å². The number of aromatic amines is 1. The van der Waals surface area contributed by atoms with Crippen molar-refractivity contribution in [2.45, 2.75) is 83.3 Å². The Balaban J connectivity index is 1.62. The Hall–Kier alpha value is -4.03. The first-order valence-corrected chi connectivity index (χ1v) is 15.7. The number of allylic oxidation sites excluding steroid dienone is 1. The molecule has 2 amide bonds. The lowest BCUT2D eigenvalue weighted by Crippen LogP contribution is -2.31. The average molecular weight is 636 g/mol. The lowest BCUT2D eigenvalue weighted by atomic mass is 9.88. The highest BCUT2D eigenvalue weighted by molar-refractivity contribution is 7.80. The Bertz CT molecular complexity index is 1720. The number of nitrogens with zero attached hydrogens (tertiary/aromatic N) is 1. The highest BCUT2D eigenvalue weighted by Gasteiger charge is 2.60. The van der Waals surface area contributed by atoms with Crippen LogP contribution in [0, 0.1) is 18.8 Å². The van der Waals surface area contributed by atoms with Gasteiger partial charge in [0.25, 0.3) is 5.91 Å². The average Bonchev–Trinajstić information content (AvgIpc) is 3.24. The molecule has 45 heavy (non-hydrogen) atoms. The predicted octanol–water partition coefficient (Wildman–Crippen LogP) is 1.57. The van der Waals surface area contributed by atoms with Gasteiger partial charge >= 0.3 is 11.9 Å². The summed E-state index contributed by atoms with van der Waals surface area (Å²) in [5, 5.41) is 28.5. The third kappa shape index (κ3) is 5.77. The van der Waals surface area contributed by atoms with Gasteiger partial charge in [0.1, 0.15) is 0 Å². The number of carbonyl (C=O) groups excluding carboxylic acids is 2. The number of carboxylic acids is 2. The van der Waals surface area contributed by atoms with E-state index in [2.05, 4.69) is 40.3 Å². The Morgan fingerprint density at radius 2 is 1.73 bits per heavy atom. The van der Waals surface area contributed by atoms with Crippen molar-refractivity contribution in [3.8, 4) is 0 Å². The van der Waals surface area contributed by atoms with Crippen LogP contribution < -0.4 is 26.8 Å². The van der Waals surface area contributed by atoms with Gasteiger partial charge in [-0.15, -0.1) is 0 Å². The maximum absolute atomic E-state index is 12.6. The van der Waals surface area contributed by atoms with Crippen LogP contribution >= 0.6 is 12.6 Å². The number of H-pyrrole nitrogens is 1. The standard InChI is InChI=1S/C33H41N5O6S/c1-7-20-15(2)24(35-32(20)44)12-23-16(3)21(8-10-28(39)40)26(34-23)14-33-22(9-11-29(41)42)17(4)27(38(33)37-33)13-25-30(19(6)45)18(5)31(43)36-25/h7,12-14,18-19,24-25,30,34,37,45H,1,8-11H2,2-6H3,(H,35,44)(H,36,43)(H,39,40)(H,41,42)/b23-12+,26-14-,27-13+/t18-,19+,24-,25?,30+,33-,38?/m1/s1. The number of carboxylic acid groups (broad SMARTS) is 2. The van der Waals surface area contributed by atoms with Crippen molar-refractivity contribution < 1.29 is 29.4 Å². The molecule has 2 saturated heterocycles. The second-order valence-electron chi connectivity index (χ2n) is 12.4. The molecule has 6 N–H and O–H groups in total. The van der Waals surface area contributed by atoms with Crippen molar-refractivity contribution in [2.75, 3.05) is 0 Å². The summed E-state index contributed by atoms with van der Waals surface area (Å²) in [6.07, 6.45) is 7.93. The fourth-order valence-corrected chi connectivity index (χ4v) is 7.55. The topological polar surface area (TPSA) is 174 Å². The summed E-state index contributed by atoms with van der Waals surface area (Å²) < 4.78 is 0. The lowest BCUT2D eigenvalue weighted by molar-refractivity contribution is -0.138. The van der Waals surface area contributed by atoms with E-state index in [1.165, 1.54) is 0 Å². The first kappa shape index (κ1) is 32.4. The number of aliphatic carboxylic acids is 2. The molecule has 11 nitrogen and oxygen atoms in total. The molecule has 0 spiro atoms. The van der Waals surface area contributed by atoms with E-state index in [9.17, 15) is 29.4 Å². The molecular weight excluding hydrogens is 594 g/mol. The van der Waals surface area contributed by atoms with E-state index in [1.54, 1.807) is 6.08 Å². The van der Waals surface area contributed by atoms with Crippen LogP contribution in [0.1, 0.15) is 58.1 Å². The summed E-state index contributed by atoms with van der Waals surface area (Å²) in [5.74, 6) is -2.27. The molecule has 0 radical (unpaired) electrons. The molecule has 5 heterocycles. The monoisotopic (exact) mass is 635 g/mol. The third-order valence-electron chi connectivity index (χ3n) is 9.67. The van der Waals surface area contributed by atoms with Crippen molar-refractivity contribution in [1.29, 1.82) is 0 Å². The van der Waals surface area contributed by atoms with E-state index in [4.69, 9.17) is 0 Å². The molecule has 4 aliphatic heterocycles. The molecular formula is C33H41N5O6S. The van der Waals surface area contributed by atoms with Gasteiger partial charge in [-0.25, -0.2) is 0 Å². The quantitative estimate of drug-likeness (QED) is 0.142. The summed E-state index contributed by atoms with van der Waals surface area (Å²) >= 11 is 4.67. The van der Waals surface area contributed by atoms with Gasteiger partial charge in [-0.2, -0.15) is 18.1 Å². The Morgan fingerprint density at radius 1 is 1.07 bits per heavy atom. The largest absolute Gasteiger partial charge is 0.481 e. The lowest BCUT2D eigenvalue weighted by Gasteiger charge is -2.22. The van der Waals surface area contributed by atoms with Crippen LogP contribution in [0.5, 0.6) is 0 Å². The number of hydrogen-bond donors (Lipinski definition) is 7. The Kier molecular flexibility index (Phi) is 8.67. The normalized spacial score (nSPS) is 29.9. The Labute approximate surface area is 267 Å². The zero-order chi connectivity index (χ0) is 33.0. The van der Waals surface area contributed by atoms with Gasteiger partial charge in [-0.1, -0.05) is 26.5 Å². The van der Waals surface area contributed by atoms with Crippen LogP contribution in [-0.2, 0) is 25.6 Å². The molecule has 0 aliphatic carbocycles. The maximum Gasteiger partial charge on any atom is 0.303 e. The van der Waals surface area contributed by atoms with Crippen molar-refractivity contribution in [3.63, 3.8) is 0 Å². The van der Waals surface area contributed by atoms with Gasteiger partial charge in [0.05, 0.1) is 17.8 Å². The van der Waals surface area contributed by atoms with E-state index in [0.29, 0.717) is 12.0 Å². The van der Waals surface area contributed by atoms with Crippen LogP contribution in [0.15, 0.2) is 46.7 Å². The van der Waals surface area contributed by atoms with Crippen LogP contribution in [-0.4, -0.2) is 67.0 Å². The minimum absolute atomic E-state index is 0.0236. The molecule has 4 aliphatic rings. The number of hydrazine groups is 1. The molecule has 0 bridgehead atoms. The van der Waals surface area contributed by atoms with Crippen LogP contribution in [0.25, 0.3) is 12.2 Å². The first-order valence-electron chi connectivity index (χ1n) is 15.2. The zero-order valence-corrected chi connectivity index (χ0v) is 27.0. The third-order valence-corrected chi connectivity index (χ3v) is 10.0. The summed E-state index contributed by atoms with van der Waals surface area (Å²) in [4.78, 5) is 51.8. The van der Waals surface area contributed by atoms with Crippen molar-refractivity contribution in [3.05, 3.63) is 68.5 Å². The fourth-order valence-electron chi connectivity index (χ4n) is 7.11. The van der Waals surface area contributed by atoms with Crippen LogP contribution in [0.4, 0.5) is 0 Å². The molecule has 1 unspecified atom stereocenters. The second-order valence-corrected chi connectivity index (χ2v) is 13.2. The van der Waals surface area contributed by atoms with Crippen molar-refractivity contribution in [1.82, 2.24) is 26.1 Å². The number of hydrogen-bond acceptors (Lipinski definition) is 7. The summed E-state index contributed by atoms with van der Waals surface area (Å²) in [6.45, 7) is 13.4. The maximum atomic E-state index is 12.6. The molecule has 0 saturated carbocycles. The highest BCUT2D eigenvalue weighted by atomic mass is 32.1. The highest BCUT2D eigenvalue weighted by Crippen LogP contribution is 2.51. The molecule has 1 aromatic rings. The van der Waals surface area contributed by atoms with Gasteiger partial charge in [0, 0.05) is 46.2 Å². The van der Waals surface area contributed by atoms with Crippen LogP contribution in [0.3, 0.4) is 0 Å². The van der Waals surface area contributed by atoms with Gasteiger partial charge in [0.15, 0.2) is 5.66 Å². The van der Waals surface area contributed by atoms with E-state index in [1.807, 2.05) is 57.9 Å². The minimum Gasteiger partial charge on any atom is -0.481 e. The summed E-state index contributed by atoms with van der Waals surface area (Å²) in [6, 6.07) is -0.598. The van der Waals surface area contributed by atoms with E-state index >= 15 is 0 Å². The molecule has 1 aromatic heterocycles. The number of rotatable bonds is 11. The zero-order valence-electron chi connectivity index (χ0n) is 26.2. The number of amides is 2. The van der Waals surface area contributed by atoms with Crippen LogP contribution in [0.2, 0.25) is 0 Å². The molecule has 0 aromatic carbocycles. The van der Waals surface area contributed by atoms with E-state index in [0.717, 1.165) is 44.2 Å². The molecule has 2 fully saturated rings. The number of nitrogens with one attached hydrogen (secondary N) is 4. The van der Waals surface area contributed by atoms with E-state index < -0.39 is 17.6 Å². The smallest absolute Gasteiger partial charge is 0.303 e. The van der Waals surface area contributed by atoms with Crippen molar-refractivity contribution >= 4 is 48.5 Å². The number of fused-ring (bicyclic) bond motifs is 1. The van der Waals surface area contributed by atoms with E-state index in [-0.39, 0.29) is 60.2 Å². The minimum atomic E-state index is -0.918. The summed E-state index contributed by atoms with van der Waals surface area (Å²) in [5.41, 5.74) is 8.39. The first-order chi connectivity index (χ1) is 21.2. The molecule has 12 heteroatoms. The Morgan fingerprint density at radius 3 is 2.33 bits per heavy atom. The van der Waals surface area contributed by atoms with Gasteiger partial charge in [-0.3, -0.25) is 24.2 Å². The number of thiol groups is 1. The molecule has 5 rings (SSSR count).